The molecule has 0 spiro atoms. The maximum Gasteiger partial charge on any atom is 0.635 e. The van der Waals surface area contributed by atoms with Gasteiger partial charge in [-0.2, -0.15) is 0 Å². The van der Waals surface area contributed by atoms with Crippen molar-refractivity contribution in [2.45, 2.75) is 26.0 Å². The number of ether oxygens (including phenoxy) is 1. The second kappa shape index (κ2) is 11.5. The SMILES string of the molecule is COc1cccc(CCNC(=O)C(C)C(=O)N[C@@H](Cc2coc3ccccc23)OB(O)O)c1. The molecule has 1 heterocycles. The lowest BCUT2D eigenvalue weighted by molar-refractivity contribution is -0.136. The molecule has 3 aromatic rings. The van der Waals surface area contributed by atoms with Crippen LogP contribution in [0.1, 0.15) is 18.1 Å². The van der Waals surface area contributed by atoms with Gasteiger partial charge in [0.1, 0.15) is 23.5 Å². The quantitative estimate of drug-likeness (QED) is 0.196. The van der Waals surface area contributed by atoms with Crippen molar-refractivity contribution in [3.05, 3.63) is 65.9 Å². The highest BCUT2D eigenvalue weighted by molar-refractivity contribution is 6.32. The first-order valence-electron chi connectivity index (χ1n) is 10.5. The molecule has 174 valence electrons. The van der Waals surface area contributed by atoms with E-state index in [1.54, 1.807) is 13.2 Å². The van der Waals surface area contributed by atoms with Gasteiger partial charge in [0.25, 0.3) is 0 Å². The molecule has 0 aliphatic rings. The van der Waals surface area contributed by atoms with Gasteiger partial charge >= 0.3 is 7.32 Å². The molecule has 0 saturated carbocycles. The lowest BCUT2D eigenvalue weighted by Gasteiger charge is -2.21. The van der Waals surface area contributed by atoms with Gasteiger partial charge in [0.05, 0.1) is 13.4 Å². The Kier molecular flexibility index (Phi) is 8.48. The molecule has 10 heteroatoms. The average molecular weight is 454 g/mol. The summed E-state index contributed by atoms with van der Waals surface area (Å²) in [5.74, 6) is -1.34. The Morgan fingerprint density at radius 2 is 1.91 bits per heavy atom. The minimum atomic E-state index is -2.10. The van der Waals surface area contributed by atoms with Crippen LogP contribution in [-0.4, -0.2) is 49.1 Å². The van der Waals surface area contributed by atoms with Crippen molar-refractivity contribution in [1.29, 1.82) is 0 Å². The summed E-state index contributed by atoms with van der Waals surface area (Å²) >= 11 is 0. The third-order valence-electron chi connectivity index (χ3n) is 5.19. The first-order chi connectivity index (χ1) is 15.9. The van der Waals surface area contributed by atoms with Crippen LogP contribution < -0.4 is 15.4 Å². The van der Waals surface area contributed by atoms with Gasteiger partial charge < -0.3 is 34.5 Å². The van der Waals surface area contributed by atoms with Crippen molar-refractivity contribution < 1.29 is 33.4 Å². The number of benzene rings is 2. The topological polar surface area (TPSA) is 130 Å². The molecule has 2 amide bonds. The van der Waals surface area contributed by atoms with E-state index in [1.807, 2.05) is 42.5 Å². The maximum absolute atomic E-state index is 12.6. The number of amides is 2. The highest BCUT2D eigenvalue weighted by Crippen LogP contribution is 2.22. The molecule has 0 saturated heterocycles. The molecule has 4 N–H and O–H groups in total. The molecular formula is C23H27BN2O7. The monoisotopic (exact) mass is 454 g/mol. The molecule has 0 fully saturated rings. The fourth-order valence-electron chi connectivity index (χ4n) is 3.38. The van der Waals surface area contributed by atoms with Crippen molar-refractivity contribution >= 4 is 30.1 Å². The number of hydrogen-bond donors (Lipinski definition) is 4. The minimum absolute atomic E-state index is 0.116. The molecule has 0 bridgehead atoms. The van der Waals surface area contributed by atoms with Gasteiger partial charge in [0, 0.05) is 23.9 Å². The molecule has 33 heavy (non-hydrogen) atoms. The second-order valence-electron chi connectivity index (χ2n) is 7.54. The summed E-state index contributed by atoms with van der Waals surface area (Å²) in [5.41, 5.74) is 2.36. The van der Waals surface area contributed by atoms with Gasteiger partial charge in [0.15, 0.2) is 0 Å². The zero-order valence-electron chi connectivity index (χ0n) is 18.5. The molecular weight excluding hydrogens is 427 g/mol. The predicted octanol–water partition coefficient (Wildman–Crippen LogP) is 1.41. The third kappa shape index (κ3) is 6.82. The molecule has 1 aromatic heterocycles. The van der Waals surface area contributed by atoms with Crippen molar-refractivity contribution in [1.82, 2.24) is 10.6 Å². The van der Waals surface area contributed by atoms with Crippen LogP contribution in [0, 0.1) is 5.92 Å². The van der Waals surface area contributed by atoms with E-state index in [0.717, 1.165) is 16.7 Å². The number of fused-ring (bicyclic) bond motifs is 1. The molecule has 0 aliphatic carbocycles. The van der Waals surface area contributed by atoms with E-state index in [1.165, 1.54) is 13.2 Å². The van der Waals surface area contributed by atoms with Gasteiger partial charge in [-0.25, -0.2) is 0 Å². The van der Waals surface area contributed by atoms with Crippen molar-refractivity contribution in [3.63, 3.8) is 0 Å². The third-order valence-corrected chi connectivity index (χ3v) is 5.19. The number of hydrogen-bond acceptors (Lipinski definition) is 7. The van der Waals surface area contributed by atoms with Crippen molar-refractivity contribution in [2.75, 3.05) is 13.7 Å². The lowest BCUT2D eigenvalue weighted by atomic mass is 10.1. The van der Waals surface area contributed by atoms with Crippen LogP contribution in [-0.2, 0) is 27.1 Å². The normalized spacial score (nSPS) is 12.7. The van der Waals surface area contributed by atoms with E-state index in [2.05, 4.69) is 10.6 Å². The number of rotatable bonds is 11. The average Bonchev–Trinajstić information content (AvgIpc) is 3.21. The van der Waals surface area contributed by atoms with Crippen LogP contribution in [0.15, 0.2) is 59.2 Å². The summed E-state index contributed by atoms with van der Waals surface area (Å²) in [5, 5.41) is 24.6. The first-order valence-corrected chi connectivity index (χ1v) is 10.5. The molecule has 1 unspecified atom stereocenters. The van der Waals surface area contributed by atoms with Gasteiger partial charge in [0.2, 0.25) is 11.8 Å². The summed E-state index contributed by atoms with van der Waals surface area (Å²) < 4.78 is 15.7. The fraction of sp³-hybridized carbons (Fsp3) is 0.304. The van der Waals surface area contributed by atoms with Gasteiger partial charge in [-0.15, -0.1) is 0 Å². The Morgan fingerprint density at radius 3 is 2.67 bits per heavy atom. The largest absolute Gasteiger partial charge is 0.635 e. The van der Waals surface area contributed by atoms with E-state index in [4.69, 9.17) is 13.8 Å². The maximum atomic E-state index is 12.6. The summed E-state index contributed by atoms with van der Waals surface area (Å²) in [7, 11) is -0.510. The van der Waals surface area contributed by atoms with Gasteiger partial charge in [-0.1, -0.05) is 30.3 Å². The Morgan fingerprint density at radius 1 is 1.12 bits per heavy atom. The van der Waals surface area contributed by atoms with Crippen LogP contribution in [0.2, 0.25) is 0 Å². The predicted molar refractivity (Wildman–Crippen MR) is 122 cm³/mol. The molecule has 9 nitrogen and oxygen atoms in total. The van der Waals surface area contributed by atoms with E-state index in [9.17, 15) is 19.6 Å². The zero-order valence-corrected chi connectivity index (χ0v) is 18.5. The van der Waals surface area contributed by atoms with Crippen molar-refractivity contribution in [2.24, 2.45) is 5.92 Å². The minimum Gasteiger partial charge on any atom is -0.497 e. The second-order valence-corrected chi connectivity index (χ2v) is 7.54. The van der Waals surface area contributed by atoms with E-state index >= 15 is 0 Å². The molecule has 2 aromatic carbocycles. The Hall–Kier alpha value is -3.34. The highest BCUT2D eigenvalue weighted by Gasteiger charge is 2.27. The Labute approximate surface area is 191 Å². The summed E-state index contributed by atoms with van der Waals surface area (Å²) in [6, 6.07) is 14.8. The Balaban J connectivity index is 1.55. The van der Waals surface area contributed by atoms with Gasteiger partial charge in [-0.3, -0.25) is 9.59 Å². The molecule has 3 rings (SSSR count). The standard InChI is InChI=1S/C23H27BN2O7/c1-15(22(27)25-11-10-16-6-5-7-18(12-16)31-2)23(28)26-21(33-24(29)30)13-17-14-32-20-9-4-3-8-19(17)20/h3-9,12,14-15,21,29-30H,10-11,13H2,1-2H3,(H,25,27)(H,26,28)/t15?,21-/m1/s1. The highest BCUT2D eigenvalue weighted by atomic mass is 16.6. The van der Waals surface area contributed by atoms with Crippen LogP contribution >= 0.6 is 0 Å². The number of para-hydroxylation sites is 1. The number of furan rings is 1. The van der Waals surface area contributed by atoms with Crippen LogP contribution in [0.4, 0.5) is 0 Å². The van der Waals surface area contributed by atoms with Crippen molar-refractivity contribution in [3.8, 4) is 5.75 Å². The smallest absolute Gasteiger partial charge is 0.497 e. The summed E-state index contributed by atoms with van der Waals surface area (Å²) in [6.07, 6.45) is 1.13. The lowest BCUT2D eigenvalue weighted by Crippen LogP contribution is -2.47. The van der Waals surface area contributed by atoms with E-state index in [-0.39, 0.29) is 6.42 Å². The van der Waals surface area contributed by atoms with Crippen LogP contribution in [0.25, 0.3) is 11.0 Å². The van der Waals surface area contributed by atoms with Crippen LogP contribution in [0.3, 0.4) is 0 Å². The number of carbonyl (C=O) groups excluding carboxylic acids is 2. The molecule has 2 atom stereocenters. The summed E-state index contributed by atoms with van der Waals surface area (Å²) in [6.45, 7) is 1.82. The zero-order chi connectivity index (χ0) is 23.8. The Bertz CT molecular complexity index is 1090. The molecule has 0 radical (unpaired) electrons. The van der Waals surface area contributed by atoms with Gasteiger partial charge in [-0.05, 0) is 37.1 Å². The van der Waals surface area contributed by atoms with Crippen LogP contribution in [0.5, 0.6) is 5.75 Å². The summed E-state index contributed by atoms with van der Waals surface area (Å²) in [4.78, 5) is 25.1. The number of methoxy groups -OCH3 is 1. The van der Waals surface area contributed by atoms with E-state index in [0.29, 0.717) is 24.1 Å². The fourth-order valence-corrected chi connectivity index (χ4v) is 3.38. The molecule has 0 aliphatic heterocycles. The van der Waals surface area contributed by atoms with E-state index < -0.39 is 31.3 Å². The number of carbonyl (C=O) groups is 2. The first kappa shape index (κ1) is 24.3. The number of nitrogens with one attached hydrogen (secondary N) is 2.